The summed E-state index contributed by atoms with van der Waals surface area (Å²) in [5, 5.41) is 0. The largest absolute Gasteiger partial charge is 0.494 e. The number of ketones is 1. The molecule has 92 valence electrons. The van der Waals surface area contributed by atoms with Crippen LogP contribution in [0.15, 0.2) is 36.5 Å². The van der Waals surface area contributed by atoms with E-state index >= 15 is 0 Å². The molecule has 3 nitrogen and oxygen atoms in total. The van der Waals surface area contributed by atoms with Gasteiger partial charge in [-0.3, -0.25) is 4.79 Å². The first-order valence-corrected chi connectivity index (χ1v) is 6.20. The number of carbonyl (C=O) groups is 1. The molecular formula is C13H9FINO2. The minimum Gasteiger partial charge on any atom is -0.494 e. The Labute approximate surface area is 117 Å². The van der Waals surface area contributed by atoms with E-state index < -0.39 is 0 Å². The number of ether oxygens (including phenoxy) is 1. The zero-order valence-electron chi connectivity index (χ0n) is 9.48. The Hall–Kier alpha value is -1.50. The molecule has 0 atom stereocenters. The molecule has 1 heterocycles. The van der Waals surface area contributed by atoms with Crippen LogP contribution in [0.4, 0.5) is 4.39 Å². The van der Waals surface area contributed by atoms with E-state index in [1.54, 1.807) is 12.1 Å². The molecule has 0 N–H and O–H groups in total. The van der Waals surface area contributed by atoms with Crippen molar-refractivity contribution in [3.05, 3.63) is 57.2 Å². The van der Waals surface area contributed by atoms with Crippen LogP contribution in [0.25, 0.3) is 0 Å². The molecule has 1 aromatic carbocycles. The van der Waals surface area contributed by atoms with Crippen LogP contribution < -0.4 is 4.74 Å². The van der Waals surface area contributed by atoms with Crippen LogP contribution in [-0.2, 0) is 0 Å². The number of carbonyl (C=O) groups excluding carboxylic acids is 1. The van der Waals surface area contributed by atoms with Crippen molar-refractivity contribution in [3.8, 4) is 5.75 Å². The Morgan fingerprint density at radius 1 is 1.39 bits per heavy atom. The molecule has 0 radical (unpaired) electrons. The molecule has 5 heteroatoms. The van der Waals surface area contributed by atoms with E-state index in [9.17, 15) is 9.18 Å². The normalized spacial score (nSPS) is 10.2. The fourth-order valence-electron chi connectivity index (χ4n) is 1.53. The van der Waals surface area contributed by atoms with Crippen molar-refractivity contribution in [3.63, 3.8) is 0 Å². The molecule has 0 spiro atoms. The van der Waals surface area contributed by atoms with Gasteiger partial charge in [-0.1, -0.05) is 0 Å². The number of hydrogen-bond donors (Lipinski definition) is 0. The summed E-state index contributed by atoms with van der Waals surface area (Å²) in [6, 6.07) is 7.36. The number of rotatable bonds is 3. The lowest BCUT2D eigenvalue weighted by Gasteiger charge is -2.07. The predicted octanol–water partition coefficient (Wildman–Crippen LogP) is 3.06. The van der Waals surface area contributed by atoms with E-state index in [0.717, 1.165) is 0 Å². The number of halogens is 2. The second-order valence-electron chi connectivity index (χ2n) is 3.51. The van der Waals surface area contributed by atoms with Gasteiger partial charge in [-0.2, -0.15) is 0 Å². The Kier molecular flexibility index (Phi) is 3.90. The maximum Gasteiger partial charge on any atom is 0.216 e. The van der Waals surface area contributed by atoms with Crippen LogP contribution in [0.2, 0.25) is 0 Å². The zero-order valence-corrected chi connectivity index (χ0v) is 11.6. The lowest BCUT2D eigenvalue weighted by molar-refractivity contribution is 0.103. The van der Waals surface area contributed by atoms with E-state index in [2.05, 4.69) is 4.98 Å². The van der Waals surface area contributed by atoms with Gasteiger partial charge >= 0.3 is 0 Å². The van der Waals surface area contributed by atoms with Crippen LogP contribution in [0.3, 0.4) is 0 Å². The highest BCUT2D eigenvalue weighted by atomic mass is 127. The summed E-state index contributed by atoms with van der Waals surface area (Å²) >= 11 is 1.92. The summed E-state index contributed by atoms with van der Waals surface area (Å²) < 4.78 is 18.6. The molecule has 0 fully saturated rings. The average molecular weight is 357 g/mol. The summed E-state index contributed by atoms with van der Waals surface area (Å²) in [6.45, 7) is 0. The molecule has 0 aliphatic rings. The summed E-state index contributed by atoms with van der Waals surface area (Å²) in [5.74, 6) is -0.247. The molecule has 1 aromatic heterocycles. The number of methoxy groups -OCH3 is 1. The Morgan fingerprint density at radius 3 is 2.83 bits per heavy atom. The van der Waals surface area contributed by atoms with Crippen molar-refractivity contribution in [1.29, 1.82) is 0 Å². The van der Waals surface area contributed by atoms with E-state index in [0.29, 0.717) is 14.9 Å². The Morgan fingerprint density at radius 2 is 2.17 bits per heavy atom. The summed E-state index contributed by atoms with van der Waals surface area (Å²) in [4.78, 5) is 16.3. The van der Waals surface area contributed by atoms with E-state index in [-0.39, 0.29) is 17.3 Å². The smallest absolute Gasteiger partial charge is 0.216 e. The lowest BCUT2D eigenvalue weighted by Crippen LogP contribution is -2.08. The topological polar surface area (TPSA) is 39.2 Å². The fourth-order valence-corrected chi connectivity index (χ4v) is 2.25. The first-order chi connectivity index (χ1) is 8.63. The van der Waals surface area contributed by atoms with Crippen LogP contribution in [-0.4, -0.2) is 17.9 Å². The second kappa shape index (κ2) is 5.43. The Bertz CT molecular complexity index is 601. The van der Waals surface area contributed by atoms with Gasteiger partial charge in [0.2, 0.25) is 5.78 Å². The molecule has 0 saturated heterocycles. The minimum absolute atomic E-state index is 0.226. The quantitative estimate of drug-likeness (QED) is 0.626. The van der Waals surface area contributed by atoms with Crippen LogP contribution >= 0.6 is 22.6 Å². The highest BCUT2D eigenvalue weighted by Gasteiger charge is 2.18. The number of hydrogen-bond acceptors (Lipinski definition) is 3. The van der Waals surface area contributed by atoms with Gasteiger partial charge in [0, 0.05) is 15.3 Å². The standard InChI is InChI=1S/C13H9FINO2/c1-18-11-3-2-6-16-12(11)13(17)9-5-4-8(14)7-10(9)15/h2-7H,1H3. The van der Waals surface area contributed by atoms with E-state index in [1.807, 2.05) is 22.6 Å². The third-order valence-corrected chi connectivity index (χ3v) is 3.27. The first kappa shape index (κ1) is 12.9. The van der Waals surface area contributed by atoms with Gasteiger partial charge in [0.15, 0.2) is 5.69 Å². The van der Waals surface area contributed by atoms with Gasteiger partial charge in [-0.25, -0.2) is 9.37 Å². The monoisotopic (exact) mass is 357 g/mol. The van der Waals surface area contributed by atoms with Crippen molar-refractivity contribution < 1.29 is 13.9 Å². The van der Waals surface area contributed by atoms with Crippen LogP contribution in [0.1, 0.15) is 16.1 Å². The molecule has 0 aliphatic heterocycles. The van der Waals surface area contributed by atoms with Crippen molar-refractivity contribution in [2.75, 3.05) is 7.11 Å². The SMILES string of the molecule is COc1cccnc1C(=O)c1ccc(F)cc1I. The van der Waals surface area contributed by atoms with Crippen LogP contribution in [0, 0.1) is 9.39 Å². The third-order valence-electron chi connectivity index (χ3n) is 2.38. The Balaban J connectivity index is 2.48. The van der Waals surface area contributed by atoms with E-state index in [1.165, 1.54) is 31.5 Å². The molecule has 0 bridgehead atoms. The summed E-state index contributed by atoms with van der Waals surface area (Å²) in [6.07, 6.45) is 1.52. The second-order valence-corrected chi connectivity index (χ2v) is 4.67. The summed E-state index contributed by atoms with van der Waals surface area (Å²) in [7, 11) is 1.48. The van der Waals surface area contributed by atoms with Crippen molar-refractivity contribution >= 4 is 28.4 Å². The molecule has 0 saturated carbocycles. The highest BCUT2D eigenvalue weighted by molar-refractivity contribution is 14.1. The van der Waals surface area contributed by atoms with Crippen molar-refractivity contribution in [2.45, 2.75) is 0 Å². The molecule has 0 amide bonds. The molecular weight excluding hydrogens is 348 g/mol. The minimum atomic E-state index is -0.371. The van der Waals surface area contributed by atoms with Crippen LogP contribution in [0.5, 0.6) is 5.75 Å². The molecule has 0 unspecified atom stereocenters. The molecule has 2 aromatic rings. The number of nitrogens with zero attached hydrogens (tertiary/aromatic N) is 1. The maximum absolute atomic E-state index is 13.0. The van der Waals surface area contributed by atoms with Gasteiger partial charge in [0.1, 0.15) is 11.6 Å². The highest BCUT2D eigenvalue weighted by Crippen LogP contribution is 2.22. The van der Waals surface area contributed by atoms with Crippen molar-refractivity contribution in [1.82, 2.24) is 4.98 Å². The number of pyridine rings is 1. The number of aromatic nitrogens is 1. The maximum atomic E-state index is 13.0. The zero-order chi connectivity index (χ0) is 13.1. The average Bonchev–Trinajstić information content (AvgIpc) is 2.38. The van der Waals surface area contributed by atoms with Gasteiger partial charge < -0.3 is 4.74 Å². The number of benzene rings is 1. The molecule has 0 aliphatic carbocycles. The van der Waals surface area contributed by atoms with Gasteiger partial charge in [-0.05, 0) is 52.9 Å². The molecule has 18 heavy (non-hydrogen) atoms. The predicted molar refractivity (Wildman–Crippen MR) is 73.3 cm³/mol. The van der Waals surface area contributed by atoms with E-state index in [4.69, 9.17) is 4.74 Å². The van der Waals surface area contributed by atoms with Crippen molar-refractivity contribution in [2.24, 2.45) is 0 Å². The fraction of sp³-hybridized carbons (Fsp3) is 0.0769. The summed E-state index contributed by atoms with van der Waals surface area (Å²) in [5.41, 5.74) is 0.638. The van der Waals surface area contributed by atoms with Gasteiger partial charge in [-0.15, -0.1) is 0 Å². The third kappa shape index (κ3) is 2.50. The molecule has 2 rings (SSSR count). The van der Waals surface area contributed by atoms with Gasteiger partial charge in [0.25, 0.3) is 0 Å². The first-order valence-electron chi connectivity index (χ1n) is 5.12. The lowest BCUT2D eigenvalue weighted by atomic mass is 10.1. The van der Waals surface area contributed by atoms with Gasteiger partial charge in [0.05, 0.1) is 7.11 Å².